The molecule has 0 saturated carbocycles. The van der Waals surface area contributed by atoms with Gasteiger partial charge in [0.05, 0.1) is 5.69 Å². The van der Waals surface area contributed by atoms with Crippen LogP contribution < -0.4 is 4.74 Å². The van der Waals surface area contributed by atoms with Gasteiger partial charge in [-0.2, -0.15) is 5.10 Å². The van der Waals surface area contributed by atoms with Crippen molar-refractivity contribution < 1.29 is 14.6 Å². The maximum Gasteiger partial charge on any atom is 0.272 e. The van der Waals surface area contributed by atoms with E-state index >= 15 is 0 Å². The predicted molar refractivity (Wildman–Crippen MR) is 104 cm³/mol. The van der Waals surface area contributed by atoms with Crippen LogP contribution in [-0.2, 0) is 6.54 Å². The summed E-state index contributed by atoms with van der Waals surface area (Å²) in [6.07, 6.45) is 1.01. The molecule has 3 rings (SSSR count). The molecule has 1 aliphatic heterocycles. The van der Waals surface area contributed by atoms with Crippen LogP contribution >= 0.6 is 0 Å². The molecule has 1 N–H and O–H groups in total. The smallest absolute Gasteiger partial charge is 0.272 e. The summed E-state index contributed by atoms with van der Waals surface area (Å²) in [5.74, 6) is 1.02. The van der Waals surface area contributed by atoms with Crippen LogP contribution in [0.3, 0.4) is 0 Å². The first kappa shape index (κ1) is 19.4. The number of para-hydroxylation sites is 1. The van der Waals surface area contributed by atoms with E-state index in [0.717, 1.165) is 11.4 Å². The van der Waals surface area contributed by atoms with Gasteiger partial charge >= 0.3 is 0 Å². The van der Waals surface area contributed by atoms with Crippen LogP contribution in [0.5, 0.6) is 5.75 Å². The minimum atomic E-state index is -0.902. The molecule has 2 aromatic rings. The number of benzene rings is 1. The molecular weight excluding hydrogens is 342 g/mol. The zero-order valence-electron chi connectivity index (χ0n) is 16.4. The molecule has 27 heavy (non-hydrogen) atoms. The quantitative estimate of drug-likeness (QED) is 0.847. The van der Waals surface area contributed by atoms with Gasteiger partial charge in [-0.15, -0.1) is 0 Å². The van der Waals surface area contributed by atoms with Crippen molar-refractivity contribution in [2.45, 2.75) is 51.7 Å². The van der Waals surface area contributed by atoms with Gasteiger partial charge in [-0.25, -0.2) is 0 Å². The summed E-state index contributed by atoms with van der Waals surface area (Å²) in [7, 11) is 0. The Bertz CT molecular complexity index is 762. The zero-order chi connectivity index (χ0) is 19.4. The minimum Gasteiger partial charge on any atom is -0.491 e. The van der Waals surface area contributed by atoms with Crippen LogP contribution in [0.15, 0.2) is 36.4 Å². The van der Waals surface area contributed by atoms with Crippen molar-refractivity contribution in [3.63, 3.8) is 0 Å². The summed E-state index contributed by atoms with van der Waals surface area (Å²) in [4.78, 5) is 14.8. The summed E-state index contributed by atoms with van der Waals surface area (Å²) in [5.41, 5.74) is 0.665. The molecule has 1 aromatic heterocycles. The number of aryl methyl sites for hydroxylation is 1. The highest BCUT2D eigenvalue weighted by molar-refractivity contribution is 5.92. The molecule has 1 fully saturated rings. The van der Waals surface area contributed by atoms with Gasteiger partial charge in [0.15, 0.2) is 0 Å². The van der Waals surface area contributed by atoms with Gasteiger partial charge in [-0.3, -0.25) is 9.48 Å². The third-order valence-electron chi connectivity index (χ3n) is 5.14. The number of ether oxygens (including phenoxy) is 1. The number of piperidine rings is 1. The monoisotopic (exact) mass is 371 g/mol. The second-order valence-corrected chi connectivity index (χ2v) is 7.54. The number of rotatable bonds is 6. The second kappa shape index (κ2) is 8.13. The van der Waals surface area contributed by atoms with Gasteiger partial charge in [0.1, 0.15) is 23.7 Å². The van der Waals surface area contributed by atoms with Crippen LogP contribution in [-0.4, -0.2) is 51.0 Å². The maximum atomic E-state index is 13.0. The molecule has 0 bridgehead atoms. The molecule has 146 valence electrons. The zero-order valence-corrected chi connectivity index (χ0v) is 16.4. The SMILES string of the molecule is CCn1nc(C(C)C)cc1C(=O)N1CCC(O)(COc2ccccc2)CC1. The van der Waals surface area contributed by atoms with Crippen molar-refractivity contribution in [3.8, 4) is 5.75 Å². The molecular formula is C21H29N3O3. The normalized spacial score (nSPS) is 16.6. The van der Waals surface area contributed by atoms with Crippen molar-refractivity contribution in [1.29, 1.82) is 0 Å². The Morgan fingerprint density at radius 2 is 1.93 bits per heavy atom. The lowest BCUT2D eigenvalue weighted by Crippen LogP contribution is -2.49. The number of carbonyl (C=O) groups excluding carboxylic acids is 1. The number of aliphatic hydroxyl groups is 1. The summed E-state index contributed by atoms with van der Waals surface area (Å²) in [5, 5.41) is 15.3. The first-order valence-corrected chi connectivity index (χ1v) is 9.69. The summed E-state index contributed by atoms with van der Waals surface area (Å²) in [6, 6.07) is 11.4. The summed E-state index contributed by atoms with van der Waals surface area (Å²) < 4.78 is 7.50. The van der Waals surface area contributed by atoms with Gasteiger partial charge in [-0.1, -0.05) is 32.0 Å². The highest BCUT2D eigenvalue weighted by Gasteiger charge is 2.35. The fourth-order valence-electron chi connectivity index (χ4n) is 3.30. The third-order valence-corrected chi connectivity index (χ3v) is 5.14. The number of hydrogen-bond donors (Lipinski definition) is 1. The second-order valence-electron chi connectivity index (χ2n) is 7.54. The molecule has 6 nitrogen and oxygen atoms in total. The summed E-state index contributed by atoms with van der Waals surface area (Å²) >= 11 is 0. The standard InChI is InChI=1S/C21H29N3O3/c1-4-24-19(14-18(22-24)16(2)3)20(25)23-12-10-21(26,11-13-23)15-27-17-8-6-5-7-9-17/h5-9,14,16,26H,4,10-13,15H2,1-3H3. The highest BCUT2D eigenvalue weighted by atomic mass is 16.5. The Morgan fingerprint density at radius 3 is 2.52 bits per heavy atom. The van der Waals surface area contributed by atoms with E-state index in [-0.39, 0.29) is 18.4 Å². The van der Waals surface area contributed by atoms with E-state index in [2.05, 4.69) is 18.9 Å². The first-order valence-electron chi connectivity index (χ1n) is 9.69. The fraction of sp³-hybridized carbons (Fsp3) is 0.524. The number of nitrogens with zero attached hydrogens (tertiary/aromatic N) is 3. The van der Waals surface area contributed by atoms with E-state index < -0.39 is 5.60 Å². The average Bonchev–Trinajstić information content (AvgIpc) is 3.12. The Morgan fingerprint density at radius 1 is 1.26 bits per heavy atom. The lowest BCUT2D eigenvalue weighted by molar-refractivity contribution is -0.0476. The number of amides is 1. The van der Waals surface area contributed by atoms with Gasteiger partial charge in [0.25, 0.3) is 5.91 Å². The van der Waals surface area contributed by atoms with Crippen molar-refractivity contribution >= 4 is 5.91 Å². The molecule has 0 aliphatic carbocycles. The number of aromatic nitrogens is 2. The fourth-order valence-corrected chi connectivity index (χ4v) is 3.30. The van der Waals surface area contributed by atoms with Crippen molar-refractivity contribution in [3.05, 3.63) is 47.8 Å². The highest BCUT2D eigenvalue weighted by Crippen LogP contribution is 2.25. The van der Waals surface area contributed by atoms with Crippen LogP contribution in [0.25, 0.3) is 0 Å². The molecule has 0 radical (unpaired) electrons. The Labute approximate surface area is 160 Å². The first-order chi connectivity index (χ1) is 12.9. The van der Waals surface area contributed by atoms with Crippen molar-refractivity contribution in [2.24, 2.45) is 0 Å². The van der Waals surface area contributed by atoms with E-state index in [1.165, 1.54) is 0 Å². The molecule has 6 heteroatoms. The minimum absolute atomic E-state index is 0.0118. The Hall–Kier alpha value is -2.34. The molecule has 1 aromatic carbocycles. The van der Waals surface area contributed by atoms with Gasteiger partial charge < -0.3 is 14.7 Å². The van der Waals surface area contributed by atoms with Gasteiger partial charge in [-0.05, 0) is 43.9 Å². The van der Waals surface area contributed by atoms with E-state index in [1.807, 2.05) is 48.2 Å². The molecule has 1 amide bonds. The molecule has 1 aliphatic rings. The molecule has 2 heterocycles. The van der Waals surface area contributed by atoms with E-state index in [1.54, 1.807) is 4.68 Å². The molecule has 0 unspecified atom stereocenters. The topological polar surface area (TPSA) is 67.6 Å². The Kier molecular flexibility index (Phi) is 5.85. The van der Waals surface area contributed by atoms with Crippen LogP contribution in [0, 0.1) is 0 Å². The maximum absolute atomic E-state index is 13.0. The van der Waals surface area contributed by atoms with Gasteiger partial charge in [0.2, 0.25) is 0 Å². The van der Waals surface area contributed by atoms with Crippen LogP contribution in [0.1, 0.15) is 55.7 Å². The molecule has 1 saturated heterocycles. The van der Waals surface area contributed by atoms with E-state index in [9.17, 15) is 9.90 Å². The number of hydrogen-bond acceptors (Lipinski definition) is 4. The molecule has 0 spiro atoms. The van der Waals surface area contributed by atoms with E-state index in [0.29, 0.717) is 38.2 Å². The van der Waals surface area contributed by atoms with Crippen LogP contribution in [0.4, 0.5) is 0 Å². The largest absolute Gasteiger partial charge is 0.491 e. The number of carbonyl (C=O) groups is 1. The van der Waals surface area contributed by atoms with E-state index in [4.69, 9.17) is 4.74 Å². The van der Waals surface area contributed by atoms with Gasteiger partial charge in [0, 0.05) is 19.6 Å². The summed E-state index contributed by atoms with van der Waals surface area (Å²) in [6.45, 7) is 8.07. The molecule has 0 atom stereocenters. The van der Waals surface area contributed by atoms with Crippen molar-refractivity contribution in [1.82, 2.24) is 14.7 Å². The average molecular weight is 371 g/mol. The number of likely N-dealkylation sites (tertiary alicyclic amines) is 1. The third kappa shape index (κ3) is 4.50. The lowest BCUT2D eigenvalue weighted by Gasteiger charge is -2.37. The predicted octanol–water partition coefficient (Wildman–Crippen LogP) is 3.07. The Balaban J connectivity index is 1.60. The lowest BCUT2D eigenvalue weighted by atomic mass is 9.92. The van der Waals surface area contributed by atoms with Crippen LogP contribution in [0.2, 0.25) is 0 Å². The van der Waals surface area contributed by atoms with Crippen molar-refractivity contribution in [2.75, 3.05) is 19.7 Å².